The first-order valence-corrected chi connectivity index (χ1v) is 5.00. The van der Waals surface area contributed by atoms with Crippen LogP contribution in [0.5, 0.6) is 0 Å². The number of aromatic nitrogens is 2. The van der Waals surface area contributed by atoms with Crippen molar-refractivity contribution in [3.8, 4) is 6.07 Å². The first kappa shape index (κ1) is 9.71. The number of aryl methyl sites for hydroxylation is 1. The van der Waals surface area contributed by atoms with Crippen molar-refractivity contribution < 1.29 is 4.79 Å². The van der Waals surface area contributed by atoms with Gasteiger partial charge in [0, 0.05) is 31.4 Å². The quantitative estimate of drug-likeness (QED) is 0.772. The molecule has 0 saturated heterocycles. The summed E-state index contributed by atoms with van der Waals surface area (Å²) in [5, 5.41) is 11.6. The summed E-state index contributed by atoms with van der Waals surface area (Å²) in [5.41, 5.74) is 0. The van der Waals surface area contributed by atoms with Crippen molar-refractivity contribution in [2.45, 2.75) is 31.8 Å². The Morgan fingerprint density at radius 2 is 2.53 bits per heavy atom. The van der Waals surface area contributed by atoms with Crippen LogP contribution in [0.25, 0.3) is 0 Å². The lowest BCUT2D eigenvalue weighted by Crippen LogP contribution is -2.26. The molecule has 78 valence electrons. The van der Waals surface area contributed by atoms with Crippen LogP contribution < -0.4 is 5.32 Å². The van der Waals surface area contributed by atoms with E-state index in [1.165, 1.54) is 0 Å². The molecule has 1 aliphatic rings. The zero-order valence-electron chi connectivity index (χ0n) is 8.31. The molecule has 1 aliphatic carbocycles. The van der Waals surface area contributed by atoms with Gasteiger partial charge >= 0.3 is 0 Å². The van der Waals surface area contributed by atoms with E-state index in [0.29, 0.717) is 24.8 Å². The van der Waals surface area contributed by atoms with Gasteiger partial charge in [0.2, 0.25) is 11.7 Å². The van der Waals surface area contributed by atoms with E-state index in [1.54, 1.807) is 17.0 Å². The third kappa shape index (κ3) is 2.56. The van der Waals surface area contributed by atoms with Crippen LogP contribution in [0.4, 0.5) is 0 Å². The van der Waals surface area contributed by atoms with Crippen LogP contribution in [-0.4, -0.2) is 21.5 Å². The Balaban J connectivity index is 1.82. The summed E-state index contributed by atoms with van der Waals surface area (Å²) < 4.78 is 1.69. The van der Waals surface area contributed by atoms with Crippen LogP contribution in [0, 0.1) is 11.3 Å². The number of imidazole rings is 1. The molecule has 1 aromatic heterocycles. The Hall–Kier alpha value is -1.83. The van der Waals surface area contributed by atoms with Crippen molar-refractivity contribution in [2.24, 2.45) is 0 Å². The first-order chi connectivity index (χ1) is 7.29. The fourth-order valence-electron chi connectivity index (χ4n) is 1.35. The number of hydrogen-bond donors (Lipinski definition) is 1. The molecular weight excluding hydrogens is 192 g/mol. The van der Waals surface area contributed by atoms with Crippen LogP contribution in [0.1, 0.15) is 25.1 Å². The van der Waals surface area contributed by atoms with E-state index < -0.39 is 0 Å². The molecule has 0 bridgehead atoms. The van der Waals surface area contributed by atoms with Crippen LogP contribution in [0.2, 0.25) is 0 Å². The third-order valence-corrected chi connectivity index (χ3v) is 2.34. The number of nitriles is 1. The standard InChI is InChI=1S/C10H12N4O/c11-7-9-12-4-6-14(9)5-3-10(15)13-8-1-2-8/h4,6,8H,1-3,5H2,(H,13,15). The predicted octanol–water partition coefficient (Wildman–Crippen LogP) is 0.423. The number of hydrogen-bond acceptors (Lipinski definition) is 3. The predicted molar refractivity (Wildman–Crippen MR) is 52.7 cm³/mol. The van der Waals surface area contributed by atoms with Crippen LogP contribution in [0.15, 0.2) is 12.4 Å². The fraction of sp³-hybridized carbons (Fsp3) is 0.500. The second-order valence-electron chi connectivity index (χ2n) is 3.65. The van der Waals surface area contributed by atoms with E-state index in [-0.39, 0.29) is 5.91 Å². The normalized spacial score (nSPS) is 14.6. The van der Waals surface area contributed by atoms with Gasteiger partial charge in [-0.15, -0.1) is 0 Å². The molecule has 1 heterocycles. The van der Waals surface area contributed by atoms with Gasteiger partial charge in [-0.1, -0.05) is 0 Å². The molecule has 5 nitrogen and oxygen atoms in total. The zero-order chi connectivity index (χ0) is 10.7. The lowest BCUT2D eigenvalue weighted by molar-refractivity contribution is -0.121. The SMILES string of the molecule is N#Cc1nccn1CCC(=O)NC1CC1. The highest BCUT2D eigenvalue weighted by atomic mass is 16.1. The number of nitrogens with zero attached hydrogens (tertiary/aromatic N) is 3. The van der Waals surface area contributed by atoms with Gasteiger partial charge in [0.1, 0.15) is 6.07 Å². The highest BCUT2D eigenvalue weighted by molar-refractivity contribution is 5.76. The number of nitrogens with one attached hydrogen (secondary N) is 1. The molecule has 2 rings (SSSR count). The average Bonchev–Trinajstić information content (AvgIpc) is 2.92. The van der Waals surface area contributed by atoms with Crippen molar-refractivity contribution in [1.29, 1.82) is 5.26 Å². The molecule has 0 aromatic carbocycles. The molecular formula is C10H12N4O. The Kier molecular flexibility index (Phi) is 2.68. The van der Waals surface area contributed by atoms with Crippen LogP contribution in [0.3, 0.4) is 0 Å². The third-order valence-electron chi connectivity index (χ3n) is 2.34. The minimum Gasteiger partial charge on any atom is -0.353 e. The number of carbonyl (C=O) groups excluding carboxylic acids is 1. The largest absolute Gasteiger partial charge is 0.353 e. The van der Waals surface area contributed by atoms with Crippen molar-refractivity contribution in [1.82, 2.24) is 14.9 Å². The Labute approximate surface area is 87.7 Å². The van der Waals surface area contributed by atoms with E-state index in [9.17, 15) is 4.79 Å². The van der Waals surface area contributed by atoms with E-state index >= 15 is 0 Å². The minimum absolute atomic E-state index is 0.0510. The summed E-state index contributed by atoms with van der Waals surface area (Å²) in [6.07, 6.45) is 5.88. The maximum atomic E-state index is 11.4. The van der Waals surface area contributed by atoms with Gasteiger partial charge in [-0.05, 0) is 12.8 Å². The molecule has 0 radical (unpaired) electrons. The topological polar surface area (TPSA) is 70.7 Å². The molecule has 1 aromatic rings. The summed E-state index contributed by atoms with van der Waals surface area (Å²) in [4.78, 5) is 15.2. The van der Waals surface area contributed by atoms with Crippen molar-refractivity contribution in [3.63, 3.8) is 0 Å². The monoisotopic (exact) mass is 204 g/mol. The second kappa shape index (κ2) is 4.13. The second-order valence-corrected chi connectivity index (χ2v) is 3.65. The molecule has 0 atom stereocenters. The van der Waals surface area contributed by atoms with Gasteiger partial charge in [-0.2, -0.15) is 5.26 Å². The Morgan fingerprint density at radius 1 is 1.73 bits per heavy atom. The Bertz CT molecular complexity index is 400. The number of amides is 1. The fourth-order valence-corrected chi connectivity index (χ4v) is 1.35. The van der Waals surface area contributed by atoms with E-state index in [0.717, 1.165) is 12.8 Å². The van der Waals surface area contributed by atoms with Gasteiger partial charge in [0.15, 0.2) is 0 Å². The summed E-state index contributed by atoms with van der Waals surface area (Å²) in [5.74, 6) is 0.407. The van der Waals surface area contributed by atoms with Gasteiger partial charge in [0.05, 0.1) is 0 Å². The van der Waals surface area contributed by atoms with Crippen molar-refractivity contribution in [2.75, 3.05) is 0 Å². The van der Waals surface area contributed by atoms with Gasteiger partial charge in [-0.25, -0.2) is 4.98 Å². The zero-order valence-corrected chi connectivity index (χ0v) is 8.31. The molecule has 1 N–H and O–H groups in total. The Morgan fingerprint density at radius 3 is 3.20 bits per heavy atom. The molecule has 0 spiro atoms. The van der Waals surface area contributed by atoms with Gasteiger partial charge < -0.3 is 9.88 Å². The molecule has 0 unspecified atom stereocenters. The lowest BCUT2D eigenvalue weighted by atomic mass is 10.4. The summed E-state index contributed by atoms with van der Waals surface area (Å²) in [6, 6.07) is 2.37. The number of carbonyl (C=O) groups is 1. The summed E-state index contributed by atoms with van der Waals surface area (Å²) >= 11 is 0. The van der Waals surface area contributed by atoms with Crippen molar-refractivity contribution in [3.05, 3.63) is 18.2 Å². The summed E-state index contributed by atoms with van der Waals surface area (Å²) in [7, 11) is 0. The number of rotatable bonds is 4. The van der Waals surface area contributed by atoms with Gasteiger partial charge in [-0.3, -0.25) is 4.79 Å². The smallest absolute Gasteiger partial charge is 0.222 e. The first-order valence-electron chi connectivity index (χ1n) is 5.00. The minimum atomic E-state index is 0.0510. The molecule has 1 amide bonds. The molecule has 5 heteroatoms. The molecule has 0 aliphatic heterocycles. The van der Waals surface area contributed by atoms with Crippen LogP contribution >= 0.6 is 0 Å². The maximum absolute atomic E-state index is 11.4. The highest BCUT2D eigenvalue weighted by Crippen LogP contribution is 2.18. The molecule has 15 heavy (non-hydrogen) atoms. The maximum Gasteiger partial charge on any atom is 0.222 e. The van der Waals surface area contributed by atoms with Crippen molar-refractivity contribution >= 4 is 5.91 Å². The average molecular weight is 204 g/mol. The van der Waals surface area contributed by atoms with Crippen LogP contribution in [-0.2, 0) is 11.3 Å². The molecule has 1 saturated carbocycles. The van der Waals surface area contributed by atoms with E-state index in [2.05, 4.69) is 10.3 Å². The van der Waals surface area contributed by atoms with Gasteiger partial charge in [0.25, 0.3) is 0 Å². The van der Waals surface area contributed by atoms with E-state index in [1.807, 2.05) is 6.07 Å². The molecule has 1 fully saturated rings. The lowest BCUT2D eigenvalue weighted by Gasteiger charge is -2.04. The van der Waals surface area contributed by atoms with E-state index in [4.69, 9.17) is 5.26 Å². The summed E-state index contributed by atoms with van der Waals surface area (Å²) in [6.45, 7) is 0.515. The highest BCUT2D eigenvalue weighted by Gasteiger charge is 2.22.